The van der Waals surface area contributed by atoms with Gasteiger partial charge in [-0.15, -0.1) is 0 Å². The average molecular weight is 393 g/mol. The molecule has 0 radical (unpaired) electrons. The standard InChI is InChI=1S/C23H23NO5/c1-3-28-16-8-6-15(7-9-16)20-19-21(26)17-13-14(2)5-10-18(17)29-22(19)23(27)24(20)11-4-12-25/h5-10,13,20,25H,3-4,11-12H2,1-2H3/t20-/m0/s1. The van der Waals surface area contributed by atoms with E-state index in [2.05, 4.69) is 0 Å². The van der Waals surface area contributed by atoms with Crippen molar-refractivity contribution in [3.63, 3.8) is 0 Å². The van der Waals surface area contributed by atoms with Crippen LogP contribution in [0.25, 0.3) is 11.0 Å². The van der Waals surface area contributed by atoms with E-state index in [0.29, 0.717) is 36.1 Å². The van der Waals surface area contributed by atoms with Gasteiger partial charge in [-0.3, -0.25) is 9.59 Å². The van der Waals surface area contributed by atoms with Crippen LogP contribution in [0.5, 0.6) is 5.75 Å². The third-order valence-electron chi connectivity index (χ3n) is 5.19. The molecule has 0 bridgehead atoms. The number of nitrogens with zero attached hydrogens (tertiary/aromatic N) is 1. The van der Waals surface area contributed by atoms with Crippen LogP contribution >= 0.6 is 0 Å². The zero-order chi connectivity index (χ0) is 20.5. The van der Waals surface area contributed by atoms with Crippen LogP contribution < -0.4 is 10.2 Å². The van der Waals surface area contributed by atoms with Crippen LogP contribution in [0.4, 0.5) is 0 Å². The summed E-state index contributed by atoms with van der Waals surface area (Å²) in [5.41, 5.74) is 2.32. The van der Waals surface area contributed by atoms with Crippen molar-refractivity contribution >= 4 is 16.9 Å². The molecule has 0 saturated carbocycles. The Morgan fingerprint density at radius 1 is 1.14 bits per heavy atom. The zero-order valence-electron chi connectivity index (χ0n) is 16.5. The molecule has 0 fully saturated rings. The molecule has 6 heteroatoms. The number of benzene rings is 2. The van der Waals surface area contributed by atoms with E-state index in [9.17, 15) is 14.7 Å². The predicted molar refractivity (Wildman–Crippen MR) is 109 cm³/mol. The molecule has 2 heterocycles. The first-order chi connectivity index (χ1) is 14.0. The fourth-order valence-electron chi connectivity index (χ4n) is 3.87. The summed E-state index contributed by atoms with van der Waals surface area (Å²) < 4.78 is 11.4. The summed E-state index contributed by atoms with van der Waals surface area (Å²) in [4.78, 5) is 28.1. The maximum Gasteiger partial charge on any atom is 0.290 e. The number of hydrogen-bond donors (Lipinski definition) is 1. The van der Waals surface area contributed by atoms with Crippen LogP contribution in [-0.2, 0) is 0 Å². The normalized spacial score (nSPS) is 15.8. The maximum absolute atomic E-state index is 13.4. The van der Waals surface area contributed by atoms with Crippen molar-refractivity contribution in [1.29, 1.82) is 0 Å². The first kappa shape index (κ1) is 19.2. The summed E-state index contributed by atoms with van der Waals surface area (Å²) in [5.74, 6) is 0.485. The van der Waals surface area contributed by atoms with Gasteiger partial charge in [0.05, 0.1) is 23.6 Å². The minimum Gasteiger partial charge on any atom is -0.494 e. The Hall–Kier alpha value is -3.12. The van der Waals surface area contributed by atoms with Gasteiger partial charge in [-0.2, -0.15) is 0 Å². The number of amides is 1. The Kier molecular flexibility index (Phi) is 5.11. The molecule has 1 N–H and O–H groups in total. The summed E-state index contributed by atoms with van der Waals surface area (Å²) in [5, 5.41) is 9.75. The van der Waals surface area contributed by atoms with Crippen LogP contribution in [0.2, 0.25) is 0 Å². The van der Waals surface area contributed by atoms with Gasteiger partial charge < -0.3 is 19.2 Å². The molecule has 150 valence electrons. The zero-order valence-corrected chi connectivity index (χ0v) is 16.5. The molecule has 0 saturated heterocycles. The number of rotatable bonds is 6. The molecule has 1 amide bonds. The molecule has 0 spiro atoms. The van der Waals surface area contributed by atoms with E-state index >= 15 is 0 Å². The van der Waals surface area contributed by atoms with Crippen molar-refractivity contribution in [1.82, 2.24) is 4.90 Å². The predicted octanol–water partition coefficient (Wildman–Crippen LogP) is 3.43. The van der Waals surface area contributed by atoms with Crippen molar-refractivity contribution in [2.45, 2.75) is 26.3 Å². The lowest BCUT2D eigenvalue weighted by Gasteiger charge is -2.25. The second-order valence-electron chi connectivity index (χ2n) is 7.15. The topological polar surface area (TPSA) is 80.0 Å². The van der Waals surface area contributed by atoms with Crippen molar-refractivity contribution < 1.29 is 19.1 Å². The number of fused-ring (bicyclic) bond motifs is 2. The number of aliphatic hydroxyl groups is 1. The van der Waals surface area contributed by atoms with Gasteiger partial charge in [-0.1, -0.05) is 23.8 Å². The number of ether oxygens (including phenoxy) is 1. The molecule has 1 aliphatic heterocycles. The lowest BCUT2D eigenvalue weighted by atomic mass is 9.98. The minimum atomic E-state index is -0.555. The lowest BCUT2D eigenvalue weighted by molar-refractivity contribution is 0.0716. The smallest absolute Gasteiger partial charge is 0.290 e. The Morgan fingerprint density at radius 2 is 1.90 bits per heavy atom. The van der Waals surface area contributed by atoms with Crippen molar-refractivity contribution in [2.24, 2.45) is 0 Å². The van der Waals surface area contributed by atoms with Crippen molar-refractivity contribution in [3.05, 3.63) is 75.1 Å². The molecule has 0 unspecified atom stereocenters. The molecule has 4 rings (SSSR count). The Balaban J connectivity index is 1.90. The minimum absolute atomic E-state index is 0.0430. The number of aryl methyl sites for hydroxylation is 1. The number of aliphatic hydroxyl groups excluding tert-OH is 1. The van der Waals surface area contributed by atoms with Crippen LogP contribution in [0, 0.1) is 6.92 Å². The molecule has 29 heavy (non-hydrogen) atoms. The molecule has 1 aliphatic rings. The Bertz CT molecular complexity index is 1120. The van der Waals surface area contributed by atoms with Gasteiger partial charge >= 0.3 is 0 Å². The van der Waals surface area contributed by atoms with Crippen LogP contribution in [-0.4, -0.2) is 35.7 Å². The van der Waals surface area contributed by atoms with Crippen LogP contribution in [0.3, 0.4) is 0 Å². The van der Waals surface area contributed by atoms with E-state index in [1.165, 1.54) is 0 Å². The van der Waals surface area contributed by atoms with Crippen molar-refractivity contribution in [2.75, 3.05) is 19.8 Å². The third kappa shape index (κ3) is 3.29. The fourth-order valence-corrected chi connectivity index (χ4v) is 3.87. The first-order valence-corrected chi connectivity index (χ1v) is 9.77. The van der Waals surface area contributed by atoms with E-state index in [1.807, 2.05) is 44.2 Å². The highest BCUT2D eigenvalue weighted by Crippen LogP contribution is 2.38. The summed E-state index contributed by atoms with van der Waals surface area (Å²) in [6, 6.07) is 12.2. The van der Waals surface area contributed by atoms with Crippen LogP contribution in [0.15, 0.2) is 51.7 Å². The monoisotopic (exact) mass is 393 g/mol. The highest BCUT2D eigenvalue weighted by Gasteiger charge is 2.42. The van der Waals surface area contributed by atoms with Gasteiger partial charge in [0.2, 0.25) is 5.76 Å². The number of carbonyl (C=O) groups excluding carboxylic acids is 1. The number of hydrogen-bond acceptors (Lipinski definition) is 5. The van der Waals surface area contributed by atoms with Gasteiger partial charge in [-0.05, 0) is 50.1 Å². The quantitative estimate of drug-likeness (QED) is 0.694. The van der Waals surface area contributed by atoms with E-state index in [1.54, 1.807) is 17.0 Å². The van der Waals surface area contributed by atoms with E-state index in [-0.39, 0.29) is 23.7 Å². The lowest BCUT2D eigenvalue weighted by Crippen LogP contribution is -2.31. The van der Waals surface area contributed by atoms with Crippen molar-refractivity contribution in [3.8, 4) is 5.75 Å². The summed E-state index contributed by atoms with van der Waals surface area (Å²) in [7, 11) is 0. The molecule has 1 atom stereocenters. The van der Waals surface area contributed by atoms with Gasteiger partial charge in [0.1, 0.15) is 11.3 Å². The molecule has 0 aliphatic carbocycles. The van der Waals surface area contributed by atoms with Gasteiger partial charge in [0.15, 0.2) is 5.43 Å². The maximum atomic E-state index is 13.4. The van der Waals surface area contributed by atoms with Gasteiger partial charge in [-0.25, -0.2) is 0 Å². The molecule has 1 aromatic heterocycles. The number of carbonyl (C=O) groups is 1. The Morgan fingerprint density at radius 3 is 2.59 bits per heavy atom. The molecular formula is C23H23NO5. The summed E-state index contributed by atoms with van der Waals surface area (Å²) in [6.45, 7) is 4.66. The summed E-state index contributed by atoms with van der Waals surface area (Å²) in [6.07, 6.45) is 0.417. The fraction of sp³-hybridized carbons (Fsp3) is 0.304. The highest BCUT2D eigenvalue weighted by molar-refractivity contribution is 5.99. The van der Waals surface area contributed by atoms with Gasteiger partial charge in [0, 0.05) is 13.2 Å². The first-order valence-electron chi connectivity index (χ1n) is 9.77. The Labute approximate surface area is 168 Å². The van der Waals surface area contributed by atoms with E-state index in [4.69, 9.17) is 9.15 Å². The largest absolute Gasteiger partial charge is 0.494 e. The molecular weight excluding hydrogens is 370 g/mol. The third-order valence-corrected chi connectivity index (χ3v) is 5.19. The molecule has 2 aromatic carbocycles. The molecule has 6 nitrogen and oxygen atoms in total. The summed E-state index contributed by atoms with van der Waals surface area (Å²) >= 11 is 0. The van der Waals surface area contributed by atoms with Crippen LogP contribution in [0.1, 0.15) is 46.6 Å². The van der Waals surface area contributed by atoms with E-state index in [0.717, 1.165) is 16.9 Å². The SMILES string of the molecule is CCOc1ccc([C@H]2c3c(oc4ccc(C)cc4c3=O)C(=O)N2CCCO)cc1. The average Bonchev–Trinajstić information content (AvgIpc) is 3.00. The van der Waals surface area contributed by atoms with E-state index < -0.39 is 6.04 Å². The second kappa shape index (κ2) is 7.72. The highest BCUT2D eigenvalue weighted by atomic mass is 16.5. The van der Waals surface area contributed by atoms with Gasteiger partial charge in [0.25, 0.3) is 5.91 Å². The molecule has 3 aromatic rings. The second-order valence-corrected chi connectivity index (χ2v) is 7.15.